The van der Waals surface area contributed by atoms with E-state index in [1.165, 1.54) is 0 Å². The van der Waals surface area contributed by atoms with Crippen molar-refractivity contribution in [3.05, 3.63) is 0 Å². The molecule has 2 fully saturated rings. The molecule has 0 bridgehead atoms. The van der Waals surface area contributed by atoms with Crippen LogP contribution in [0.1, 0.15) is 6.92 Å². The first-order chi connectivity index (χ1) is 12.2. The standard InChI is InChI=1S/C14H25NO11/c1-4(18)15-7-10(21)8(19)5(2-16)25-14(7)26-12-9(20)6(3-17)24-13(23)11(12)22/h5-14,16-17,19-23H,2-3H2,1H3,(H,15,18)/t5-,6-,7-,8-,9-,10-,11-,12+,13?,14-/m1/s1. The molecule has 10 atom stereocenters. The minimum atomic E-state index is -1.77. The summed E-state index contributed by atoms with van der Waals surface area (Å²) >= 11 is 0. The highest BCUT2D eigenvalue weighted by atomic mass is 16.7. The molecule has 0 radical (unpaired) electrons. The fourth-order valence-corrected chi connectivity index (χ4v) is 2.97. The lowest BCUT2D eigenvalue weighted by Gasteiger charge is -2.46. The Kier molecular flexibility index (Phi) is 7.27. The molecule has 26 heavy (non-hydrogen) atoms. The number of aliphatic hydroxyl groups excluding tert-OH is 7. The van der Waals surface area contributed by atoms with Crippen LogP contribution in [0.15, 0.2) is 0 Å². The Labute approximate surface area is 148 Å². The van der Waals surface area contributed by atoms with Crippen LogP contribution in [0, 0.1) is 0 Å². The first kappa shape index (κ1) is 21.4. The van der Waals surface area contributed by atoms with E-state index in [1.807, 2.05) is 0 Å². The Morgan fingerprint density at radius 2 is 1.50 bits per heavy atom. The maximum Gasteiger partial charge on any atom is 0.217 e. The van der Waals surface area contributed by atoms with Gasteiger partial charge in [-0.3, -0.25) is 4.79 Å². The number of aliphatic hydroxyl groups is 7. The number of carbonyl (C=O) groups is 1. The number of carbonyl (C=O) groups excluding carboxylic acids is 1. The Hall–Kier alpha value is -0.930. The number of amides is 1. The maximum absolute atomic E-state index is 11.4. The Morgan fingerprint density at radius 3 is 2.04 bits per heavy atom. The van der Waals surface area contributed by atoms with E-state index in [4.69, 9.17) is 14.2 Å². The van der Waals surface area contributed by atoms with Gasteiger partial charge in [0.15, 0.2) is 12.6 Å². The molecule has 0 aromatic carbocycles. The molecule has 0 aromatic rings. The molecule has 152 valence electrons. The topological polar surface area (TPSA) is 198 Å². The summed E-state index contributed by atoms with van der Waals surface area (Å²) in [4.78, 5) is 11.4. The molecule has 1 unspecified atom stereocenters. The predicted molar refractivity (Wildman–Crippen MR) is 80.2 cm³/mol. The molecule has 2 heterocycles. The number of hydrogen-bond donors (Lipinski definition) is 8. The predicted octanol–water partition coefficient (Wildman–Crippen LogP) is -5.25. The highest BCUT2D eigenvalue weighted by molar-refractivity contribution is 5.73. The molecular formula is C14H25NO11. The van der Waals surface area contributed by atoms with Gasteiger partial charge in [0.05, 0.1) is 13.2 Å². The Balaban J connectivity index is 2.22. The second kappa shape index (κ2) is 8.84. The van der Waals surface area contributed by atoms with Crippen LogP contribution in [0.5, 0.6) is 0 Å². The average Bonchev–Trinajstić information content (AvgIpc) is 2.60. The van der Waals surface area contributed by atoms with E-state index < -0.39 is 80.5 Å². The SMILES string of the molecule is CC(=O)N[C@H]1[C@@H](O[C@H]2[C@H](O)[C@@H](CO)OC(O)[C@@H]2O)O[C@H](CO)[C@@H](O)[C@@H]1O. The van der Waals surface area contributed by atoms with Crippen molar-refractivity contribution in [3.63, 3.8) is 0 Å². The van der Waals surface area contributed by atoms with Gasteiger partial charge in [0.25, 0.3) is 0 Å². The second-order valence-electron chi connectivity index (χ2n) is 6.26. The zero-order valence-electron chi connectivity index (χ0n) is 14.0. The Morgan fingerprint density at radius 1 is 0.923 bits per heavy atom. The van der Waals surface area contributed by atoms with Crippen LogP contribution in [0.3, 0.4) is 0 Å². The summed E-state index contributed by atoms with van der Waals surface area (Å²) in [5, 5.41) is 70.8. The van der Waals surface area contributed by atoms with Gasteiger partial charge >= 0.3 is 0 Å². The van der Waals surface area contributed by atoms with E-state index in [0.29, 0.717) is 0 Å². The highest BCUT2D eigenvalue weighted by Crippen LogP contribution is 2.28. The number of hydrogen-bond acceptors (Lipinski definition) is 11. The van der Waals surface area contributed by atoms with Crippen LogP contribution in [-0.2, 0) is 19.0 Å². The van der Waals surface area contributed by atoms with E-state index >= 15 is 0 Å². The molecular weight excluding hydrogens is 358 g/mol. The van der Waals surface area contributed by atoms with Crippen LogP contribution >= 0.6 is 0 Å². The monoisotopic (exact) mass is 383 g/mol. The minimum absolute atomic E-state index is 0.581. The average molecular weight is 383 g/mol. The van der Waals surface area contributed by atoms with Gasteiger partial charge in [-0.1, -0.05) is 0 Å². The van der Waals surface area contributed by atoms with E-state index in [-0.39, 0.29) is 0 Å². The Bertz CT molecular complexity index is 480. The minimum Gasteiger partial charge on any atom is -0.394 e. The third-order valence-corrected chi connectivity index (χ3v) is 4.38. The van der Waals surface area contributed by atoms with Crippen molar-refractivity contribution in [1.29, 1.82) is 0 Å². The van der Waals surface area contributed by atoms with Crippen molar-refractivity contribution in [2.24, 2.45) is 0 Å². The van der Waals surface area contributed by atoms with Crippen molar-refractivity contribution >= 4 is 5.91 Å². The molecule has 12 nitrogen and oxygen atoms in total. The zero-order valence-corrected chi connectivity index (χ0v) is 14.0. The lowest BCUT2D eigenvalue weighted by molar-refractivity contribution is -0.341. The number of ether oxygens (including phenoxy) is 3. The summed E-state index contributed by atoms with van der Waals surface area (Å²) < 4.78 is 15.6. The van der Waals surface area contributed by atoms with E-state index in [1.54, 1.807) is 0 Å². The van der Waals surface area contributed by atoms with Gasteiger partial charge in [-0.05, 0) is 0 Å². The summed E-state index contributed by atoms with van der Waals surface area (Å²) in [6.07, 6.45) is -13.7. The summed E-state index contributed by atoms with van der Waals surface area (Å²) in [5.74, 6) is -0.581. The molecule has 8 N–H and O–H groups in total. The summed E-state index contributed by atoms with van der Waals surface area (Å²) in [7, 11) is 0. The molecule has 1 amide bonds. The quantitative estimate of drug-likeness (QED) is 0.226. The van der Waals surface area contributed by atoms with Gasteiger partial charge in [0, 0.05) is 6.92 Å². The molecule has 2 saturated heterocycles. The second-order valence-corrected chi connectivity index (χ2v) is 6.26. The lowest BCUT2D eigenvalue weighted by Crippen LogP contribution is -2.67. The van der Waals surface area contributed by atoms with E-state index in [0.717, 1.165) is 6.92 Å². The summed E-state index contributed by atoms with van der Waals surface area (Å²) in [6.45, 7) is -0.199. The molecule has 2 aliphatic heterocycles. The molecule has 2 aliphatic rings. The van der Waals surface area contributed by atoms with Gasteiger partial charge in [-0.25, -0.2) is 0 Å². The van der Waals surface area contributed by atoms with Crippen molar-refractivity contribution in [2.45, 2.75) is 68.3 Å². The van der Waals surface area contributed by atoms with Crippen LogP contribution in [0.4, 0.5) is 0 Å². The fourth-order valence-electron chi connectivity index (χ4n) is 2.97. The van der Waals surface area contributed by atoms with Gasteiger partial charge in [0.2, 0.25) is 5.91 Å². The summed E-state index contributed by atoms with van der Waals surface area (Å²) in [6, 6.07) is -1.29. The molecule has 0 spiro atoms. The zero-order chi connectivity index (χ0) is 19.6. The smallest absolute Gasteiger partial charge is 0.217 e. The third-order valence-electron chi connectivity index (χ3n) is 4.38. The first-order valence-corrected chi connectivity index (χ1v) is 8.06. The largest absolute Gasteiger partial charge is 0.394 e. The van der Waals surface area contributed by atoms with Gasteiger partial charge in [0.1, 0.15) is 48.8 Å². The van der Waals surface area contributed by atoms with E-state index in [9.17, 15) is 40.5 Å². The normalized spacial score (nSPS) is 46.8. The van der Waals surface area contributed by atoms with Crippen molar-refractivity contribution in [3.8, 4) is 0 Å². The summed E-state index contributed by atoms with van der Waals surface area (Å²) in [5.41, 5.74) is 0. The lowest BCUT2D eigenvalue weighted by atomic mass is 9.95. The van der Waals surface area contributed by atoms with Gasteiger partial charge in [-0.15, -0.1) is 0 Å². The van der Waals surface area contributed by atoms with E-state index in [2.05, 4.69) is 5.32 Å². The highest BCUT2D eigenvalue weighted by Gasteiger charge is 2.50. The molecule has 0 saturated carbocycles. The molecule has 2 rings (SSSR count). The van der Waals surface area contributed by atoms with Crippen LogP contribution < -0.4 is 5.32 Å². The van der Waals surface area contributed by atoms with Crippen LogP contribution in [0.2, 0.25) is 0 Å². The fraction of sp³-hybridized carbons (Fsp3) is 0.929. The molecule has 12 heteroatoms. The van der Waals surface area contributed by atoms with Crippen molar-refractivity contribution in [1.82, 2.24) is 5.32 Å². The number of nitrogens with one attached hydrogen (secondary N) is 1. The number of rotatable bonds is 5. The van der Waals surface area contributed by atoms with Crippen molar-refractivity contribution in [2.75, 3.05) is 13.2 Å². The van der Waals surface area contributed by atoms with Gasteiger partial charge in [-0.2, -0.15) is 0 Å². The van der Waals surface area contributed by atoms with Gasteiger partial charge < -0.3 is 55.3 Å². The third kappa shape index (κ3) is 4.31. The van der Waals surface area contributed by atoms with Crippen molar-refractivity contribution < 1.29 is 54.8 Å². The first-order valence-electron chi connectivity index (χ1n) is 8.06. The van der Waals surface area contributed by atoms with Crippen LogP contribution in [-0.4, -0.2) is 116 Å². The molecule has 0 aromatic heterocycles. The maximum atomic E-state index is 11.4. The van der Waals surface area contributed by atoms with Crippen LogP contribution in [0.25, 0.3) is 0 Å². The molecule has 0 aliphatic carbocycles.